The van der Waals surface area contributed by atoms with Gasteiger partial charge >= 0.3 is 5.97 Å². The lowest BCUT2D eigenvalue weighted by Gasteiger charge is -2.06. The summed E-state index contributed by atoms with van der Waals surface area (Å²) in [7, 11) is 0. The van der Waals surface area contributed by atoms with Gasteiger partial charge in [-0.2, -0.15) is 5.10 Å². The van der Waals surface area contributed by atoms with Crippen molar-refractivity contribution >= 4 is 17.7 Å². The van der Waals surface area contributed by atoms with Crippen molar-refractivity contribution in [3.05, 3.63) is 24.3 Å². The van der Waals surface area contributed by atoms with Gasteiger partial charge in [-0.25, -0.2) is 0 Å². The predicted octanol–water partition coefficient (Wildman–Crippen LogP) is 0.720. The van der Waals surface area contributed by atoms with E-state index >= 15 is 0 Å². The molecule has 0 aromatic carbocycles. The molecule has 0 fully saturated rings. The number of carboxylic acid groups (broad SMARTS) is 1. The minimum atomic E-state index is -0.862. The highest BCUT2D eigenvalue weighted by molar-refractivity contribution is 7.99. The molecule has 7 nitrogen and oxygen atoms in total. The number of carbonyl (C=O) groups is 1. The smallest absolute Gasteiger partial charge is 0.313 e. The van der Waals surface area contributed by atoms with Crippen LogP contribution < -0.4 is 0 Å². The zero-order chi connectivity index (χ0) is 13.0. The number of aliphatic carboxylic acids is 1. The summed E-state index contributed by atoms with van der Waals surface area (Å²) in [6.07, 6.45) is 3.55. The fourth-order valence-electron chi connectivity index (χ4n) is 1.53. The van der Waals surface area contributed by atoms with E-state index in [1.54, 1.807) is 10.9 Å². The average Bonchev–Trinajstić information content (AvgIpc) is 2.96. The minimum absolute atomic E-state index is 0.0140. The van der Waals surface area contributed by atoms with Crippen LogP contribution in [0.25, 0.3) is 0 Å². The van der Waals surface area contributed by atoms with Crippen LogP contribution in [0.4, 0.5) is 0 Å². The molecule has 8 heteroatoms. The van der Waals surface area contributed by atoms with Gasteiger partial charge in [0.25, 0.3) is 0 Å². The first kappa shape index (κ1) is 12.6. The molecule has 0 unspecified atom stereocenters. The highest BCUT2D eigenvalue weighted by atomic mass is 32.2. The molecule has 0 amide bonds. The first-order valence-corrected chi connectivity index (χ1v) is 6.43. The van der Waals surface area contributed by atoms with Crippen LogP contribution in [-0.4, -0.2) is 41.4 Å². The van der Waals surface area contributed by atoms with E-state index < -0.39 is 5.97 Å². The Morgan fingerprint density at radius 3 is 2.94 bits per heavy atom. The normalized spacial score (nSPS) is 10.7. The molecular weight excluding hydrogens is 254 g/mol. The molecule has 0 aliphatic rings. The van der Waals surface area contributed by atoms with Crippen LogP contribution in [0.5, 0.6) is 0 Å². The third-order valence-corrected chi connectivity index (χ3v) is 3.25. The van der Waals surface area contributed by atoms with Gasteiger partial charge in [0.1, 0.15) is 6.54 Å². The molecule has 0 radical (unpaired) electrons. The van der Waals surface area contributed by atoms with Gasteiger partial charge in [0, 0.05) is 18.9 Å². The molecule has 96 valence electrons. The monoisotopic (exact) mass is 267 g/mol. The van der Waals surface area contributed by atoms with Gasteiger partial charge in [0.15, 0.2) is 11.0 Å². The summed E-state index contributed by atoms with van der Waals surface area (Å²) in [6.45, 7) is 3.20. The SMILES string of the molecule is CCn1c(Cn2cccn2)nnc1SCC(=O)O. The van der Waals surface area contributed by atoms with E-state index in [2.05, 4.69) is 15.3 Å². The van der Waals surface area contributed by atoms with Crippen molar-refractivity contribution < 1.29 is 9.90 Å². The Kier molecular flexibility index (Phi) is 3.98. The molecule has 0 aliphatic carbocycles. The van der Waals surface area contributed by atoms with E-state index in [0.29, 0.717) is 18.2 Å². The van der Waals surface area contributed by atoms with Crippen molar-refractivity contribution in [3.8, 4) is 0 Å². The van der Waals surface area contributed by atoms with Gasteiger partial charge in [0.05, 0.1) is 5.75 Å². The summed E-state index contributed by atoms with van der Waals surface area (Å²) in [6, 6.07) is 1.84. The third kappa shape index (κ3) is 2.89. The Morgan fingerprint density at radius 2 is 2.33 bits per heavy atom. The summed E-state index contributed by atoms with van der Waals surface area (Å²) >= 11 is 1.17. The van der Waals surface area contributed by atoms with E-state index in [-0.39, 0.29) is 5.75 Å². The van der Waals surface area contributed by atoms with Crippen LogP contribution in [0.15, 0.2) is 23.6 Å². The summed E-state index contributed by atoms with van der Waals surface area (Å²) in [5.41, 5.74) is 0. The van der Waals surface area contributed by atoms with Crippen molar-refractivity contribution in [1.29, 1.82) is 0 Å². The highest BCUT2D eigenvalue weighted by Crippen LogP contribution is 2.17. The van der Waals surface area contributed by atoms with E-state index in [9.17, 15) is 4.79 Å². The van der Waals surface area contributed by atoms with Gasteiger partial charge in [-0.1, -0.05) is 11.8 Å². The minimum Gasteiger partial charge on any atom is -0.481 e. The second-order valence-electron chi connectivity index (χ2n) is 3.53. The summed E-state index contributed by atoms with van der Waals surface area (Å²) in [4.78, 5) is 10.5. The van der Waals surface area contributed by atoms with Crippen molar-refractivity contribution in [2.24, 2.45) is 0 Å². The molecule has 0 atom stereocenters. The van der Waals surface area contributed by atoms with Gasteiger partial charge in [0.2, 0.25) is 0 Å². The number of rotatable bonds is 6. The van der Waals surface area contributed by atoms with E-state index in [1.807, 2.05) is 23.8 Å². The Balaban J connectivity index is 2.13. The molecule has 0 aliphatic heterocycles. The standard InChI is InChI=1S/C10H13N5O2S/c1-2-15-8(6-14-5-3-4-11-14)12-13-10(15)18-7-9(16)17/h3-5H,2,6-7H2,1H3,(H,16,17). The third-order valence-electron chi connectivity index (χ3n) is 2.30. The lowest BCUT2D eigenvalue weighted by Crippen LogP contribution is -2.09. The molecule has 0 saturated carbocycles. The Hall–Kier alpha value is -1.83. The molecular formula is C10H13N5O2S. The molecule has 0 saturated heterocycles. The van der Waals surface area contributed by atoms with Crippen LogP contribution in [0, 0.1) is 0 Å². The highest BCUT2D eigenvalue weighted by Gasteiger charge is 2.12. The molecule has 0 spiro atoms. The molecule has 1 N–H and O–H groups in total. The van der Waals surface area contributed by atoms with Crippen LogP contribution in [0.3, 0.4) is 0 Å². The van der Waals surface area contributed by atoms with Gasteiger partial charge in [-0.3, -0.25) is 9.48 Å². The fraction of sp³-hybridized carbons (Fsp3) is 0.400. The molecule has 2 heterocycles. The van der Waals surface area contributed by atoms with Crippen LogP contribution in [0.2, 0.25) is 0 Å². The lowest BCUT2D eigenvalue weighted by atomic mass is 10.5. The van der Waals surface area contributed by atoms with E-state index in [4.69, 9.17) is 5.11 Å². The van der Waals surface area contributed by atoms with Crippen molar-refractivity contribution in [1.82, 2.24) is 24.5 Å². The van der Waals surface area contributed by atoms with Gasteiger partial charge < -0.3 is 9.67 Å². The second kappa shape index (κ2) is 5.67. The quantitative estimate of drug-likeness (QED) is 0.776. The Morgan fingerprint density at radius 1 is 1.50 bits per heavy atom. The number of carboxylic acids is 1. The average molecular weight is 267 g/mol. The summed E-state index contributed by atoms with van der Waals surface area (Å²) < 4.78 is 3.65. The van der Waals surface area contributed by atoms with Crippen molar-refractivity contribution in [2.45, 2.75) is 25.2 Å². The van der Waals surface area contributed by atoms with E-state index in [0.717, 1.165) is 5.82 Å². The maximum Gasteiger partial charge on any atom is 0.313 e. The number of hydrogen-bond donors (Lipinski definition) is 1. The van der Waals surface area contributed by atoms with Crippen molar-refractivity contribution in [3.63, 3.8) is 0 Å². The van der Waals surface area contributed by atoms with Crippen LogP contribution in [0.1, 0.15) is 12.7 Å². The first-order chi connectivity index (χ1) is 8.70. The number of thioether (sulfide) groups is 1. The number of hydrogen-bond acceptors (Lipinski definition) is 5. The number of nitrogens with zero attached hydrogens (tertiary/aromatic N) is 5. The van der Waals surface area contributed by atoms with Gasteiger partial charge in [-0.05, 0) is 13.0 Å². The fourth-order valence-corrected chi connectivity index (χ4v) is 2.27. The molecule has 0 bridgehead atoms. The Bertz CT molecular complexity index is 522. The molecule has 2 aromatic rings. The maximum atomic E-state index is 10.5. The molecule has 18 heavy (non-hydrogen) atoms. The summed E-state index contributed by atoms with van der Waals surface area (Å²) in [5.74, 6) is -0.103. The molecule has 2 aromatic heterocycles. The maximum absolute atomic E-state index is 10.5. The topological polar surface area (TPSA) is 85.8 Å². The summed E-state index contributed by atoms with van der Waals surface area (Å²) in [5, 5.41) is 21.5. The van der Waals surface area contributed by atoms with Crippen LogP contribution in [-0.2, 0) is 17.9 Å². The van der Waals surface area contributed by atoms with Gasteiger partial charge in [-0.15, -0.1) is 10.2 Å². The van der Waals surface area contributed by atoms with Crippen LogP contribution >= 0.6 is 11.8 Å². The van der Waals surface area contributed by atoms with E-state index in [1.165, 1.54) is 11.8 Å². The zero-order valence-corrected chi connectivity index (χ0v) is 10.7. The Labute approximate surface area is 108 Å². The largest absolute Gasteiger partial charge is 0.481 e. The van der Waals surface area contributed by atoms with Crippen molar-refractivity contribution in [2.75, 3.05) is 5.75 Å². The predicted molar refractivity (Wildman–Crippen MR) is 65.4 cm³/mol. The zero-order valence-electron chi connectivity index (χ0n) is 9.85. The number of aromatic nitrogens is 5. The second-order valence-corrected chi connectivity index (χ2v) is 4.47. The lowest BCUT2D eigenvalue weighted by molar-refractivity contribution is -0.133. The first-order valence-electron chi connectivity index (χ1n) is 5.44. The molecule has 2 rings (SSSR count).